The summed E-state index contributed by atoms with van der Waals surface area (Å²) in [5.74, 6) is -0.973. The van der Waals surface area contributed by atoms with Gasteiger partial charge in [-0.15, -0.1) is 0 Å². The molecule has 66 heavy (non-hydrogen) atoms. The van der Waals surface area contributed by atoms with Gasteiger partial charge in [-0.3, -0.25) is 9.59 Å². The minimum atomic E-state index is -1.77. The summed E-state index contributed by atoms with van der Waals surface area (Å²) >= 11 is 0. The Hall–Kier alpha value is -3.06. The van der Waals surface area contributed by atoms with Gasteiger partial charge in [0.2, 0.25) is 0 Å². The highest BCUT2D eigenvalue weighted by molar-refractivity contribution is 5.70. The van der Waals surface area contributed by atoms with Crippen LogP contribution in [0.3, 0.4) is 0 Å². The topological polar surface area (TPSA) is 231 Å². The molecule has 0 bridgehead atoms. The summed E-state index contributed by atoms with van der Waals surface area (Å²) in [7, 11) is 0. The molecule has 2 rings (SSSR count). The Morgan fingerprint density at radius 2 is 0.909 bits per heavy atom. The van der Waals surface area contributed by atoms with Gasteiger partial charge in [0.1, 0.15) is 55.4 Å². The minimum Gasteiger partial charge on any atom is -0.462 e. The lowest BCUT2D eigenvalue weighted by Crippen LogP contribution is -2.61. The van der Waals surface area contributed by atoms with E-state index in [4.69, 9.17) is 28.4 Å². The SMILES string of the molecule is CC/C=C\C/C=C/C/C=C/CCCCCCCC(=O)O[C@H](COC(=O)CCCCCCC/C=C/C/C=C\C/C=C/CC)CO[C@@H]1O[C@H](CO[C@H]2O[C@H](CO)[C@H](O)[C@H](O)[C@H]2O)[C@H](O)[C@H](O)[C@H]1O. The lowest BCUT2D eigenvalue weighted by atomic mass is 9.98. The number of esters is 2. The van der Waals surface area contributed by atoms with Crippen molar-refractivity contribution in [3.63, 3.8) is 0 Å². The molecular weight excluding hydrogens is 853 g/mol. The van der Waals surface area contributed by atoms with E-state index in [9.17, 15) is 45.3 Å². The van der Waals surface area contributed by atoms with Crippen molar-refractivity contribution < 1.29 is 73.8 Å². The maximum Gasteiger partial charge on any atom is 0.306 e. The fourth-order valence-corrected chi connectivity index (χ4v) is 7.18. The number of hydrogen-bond acceptors (Lipinski definition) is 15. The molecule has 2 aliphatic rings. The summed E-state index contributed by atoms with van der Waals surface area (Å²) in [4.78, 5) is 25.7. The number of allylic oxidation sites excluding steroid dienone is 12. The van der Waals surface area contributed by atoms with Crippen LogP contribution in [0.4, 0.5) is 0 Å². The third-order valence-electron chi connectivity index (χ3n) is 11.2. The number of rotatable bonds is 36. The largest absolute Gasteiger partial charge is 0.462 e. The normalized spacial score (nSPS) is 26.8. The second kappa shape index (κ2) is 37.9. The zero-order valence-electron chi connectivity index (χ0n) is 39.6. The average Bonchev–Trinajstić information content (AvgIpc) is 3.31. The number of ether oxygens (including phenoxy) is 6. The van der Waals surface area contributed by atoms with Crippen molar-refractivity contribution in [3.05, 3.63) is 72.9 Å². The van der Waals surface area contributed by atoms with E-state index >= 15 is 0 Å². The van der Waals surface area contributed by atoms with E-state index in [-0.39, 0.29) is 19.4 Å². The molecule has 11 atom stereocenters. The Morgan fingerprint density at radius 1 is 0.485 bits per heavy atom. The smallest absolute Gasteiger partial charge is 0.306 e. The molecule has 15 nitrogen and oxygen atoms in total. The third-order valence-corrected chi connectivity index (χ3v) is 11.2. The van der Waals surface area contributed by atoms with Crippen molar-refractivity contribution in [2.75, 3.05) is 26.4 Å². The predicted octanol–water partition coefficient (Wildman–Crippen LogP) is 6.26. The lowest BCUT2D eigenvalue weighted by molar-refractivity contribution is -0.332. The maximum absolute atomic E-state index is 13.0. The maximum atomic E-state index is 13.0. The van der Waals surface area contributed by atoms with Crippen molar-refractivity contribution in [1.29, 1.82) is 0 Å². The van der Waals surface area contributed by atoms with E-state index in [0.29, 0.717) is 12.8 Å². The molecule has 0 saturated carbocycles. The summed E-state index contributed by atoms with van der Waals surface area (Å²) < 4.78 is 33.5. The summed E-state index contributed by atoms with van der Waals surface area (Å²) in [6, 6.07) is 0. The summed E-state index contributed by atoms with van der Waals surface area (Å²) in [5, 5.41) is 72.0. The minimum absolute atomic E-state index is 0.138. The molecule has 2 aliphatic heterocycles. The van der Waals surface area contributed by atoms with Gasteiger partial charge in [0.15, 0.2) is 18.7 Å². The molecule has 2 saturated heterocycles. The molecule has 0 unspecified atom stereocenters. The molecule has 7 N–H and O–H groups in total. The summed E-state index contributed by atoms with van der Waals surface area (Å²) in [6.07, 6.45) is 26.5. The number of aliphatic hydroxyl groups excluding tert-OH is 7. The van der Waals surface area contributed by atoms with Gasteiger partial charge in [0.05, 0.1) is 19.8 Å². The molecule has 0 aromatic carbocycles. The number of hydrogen-bond donors (Lipinski definition) is 7. The van der Waals surface area contributed by atoms with E-state index in [1.165, 1.54) is 0 Å². The highest BCUT2D eigenvalue weighted by atomic mass is 16.7. The first kappa shape index (κ1) is 59.1. The van der Waals surface area contributed by atoms with E-state index in [0.717, 1.165) is 103 Å². The fourth-order valence-electron chi connectivity index (χ4n) is 7.18. The van der Waals surface area contributed by atoms with Gasteiger partial charge in [0.25, 0.3) is 0 Å². The second-order valence-corrected chi connectivity index (χ2v) is 16.9. The quantitative estimate of drug-likeness (QED) is 0.0209. The monoisotopic (exact) mass is 937 g/mol. The molecule has 0 aromatic rings. The zero-order valence-corrected chi connectivity index (χ0v) is 39.6. The third kappa shape index (κ3) is 25.9. The van der Waals surface area contributed by atoms with Crippen molar-refractivity contribution >= 4 is 11.9 Å². The Morgan fingerprint density at radius 3 is 1.42 bits per heavy atom. The van der Waals surface area contributed by atoms with Gasteiger partial charge in [-0.2, -0.15) is 0 Å². The Balaban J connectivity index is 1.84. The summed E-state index contributed by atoms with van der Waals surface area (Å²) in [5.41, 5.74) is 0. The van der Waals surface area contributed by atoms with Crippen LogP contribution in [0.2, 0.25) is 0 Å². The van der Waals surface area contributed by atoms with Crippen LogP contribution in [-0.4, -0.2) is 142 Å². The number of aliphatic hydroxyl groups is 7. The van der Waals surface area contributed by atoms with Crippen LogP contribution < -0.4 is 0 Å². The fraction of sp³-hybridized carbons (Fsp3) is 0.725. The molecular formula is C51H84O15. The number of unbranched alkanes of at least 4 members (excludes halogenated alkanes) is 10. The Kier molecular flexibility index (Phi) is 33.9. The number of carbonyl (C=O) groups excluding carboxylic acids is 2. The van der Waals surface area contributed by atoms with E-state index in [2.05, 4.69) is 86.8 Å². The predicted molar refractivity (Wildman–Crippen MR) is 252 cm³/mol. The molecule has 0 aromatic heterocycles. The van der Waals surface area contributed by atoms with Crippen LogP contribution in [-0.2, 0) is 38.0 Å². The molecule has 2 fully saturated rings. The molecule has 0 spiro atoms. The van der Waals surface area contributed by atoms with Gasteiger partial charge in [0, 0.05) is 12.8 Å². The number of carbonyl (C=O) groups is 2. The average molecular weight is 937 g/mol. The first-order valence-electron chi connectivity index (χ1n) is 24.5. The van der Waals surface area contributed by atoms with Crippen molar-refractivity contribution in [2.24, 2.45) is 0 Å². The van der Waals surface area contributed by atoms with Crippen LogP contribution in [0, 0.1) is 0 Å². The van der Waals surface area contributed by atoms with Gasteiger partial charge in [-0.1, -0.05) is 125 Å². The van der Waals surface area contributed by atoms with Crippen molar-refractivity contribution in [2.45, 2.75) is 210 Å². The Bertz CT molecular complexity index is 1430. The summed E-state index contributed by atoms with van der Waals surface area (Å²) in [6.45, 7) is 2.30. The van der Waals surface area contributed by atoms with Gasteiger partial charge in [-0.05, 0) is 77.0 Å². The van der Waals surface area contributed by atoms with Crippen LogP contribution in [0.25, 0.3) is 0 Å². The molecule has 2 heterocycles. The zero-order chi connectivity index (χ0) is 48.2. The standard InChI is InChI=1S/C51H84O15/c1-3-5-7-9-11-13-15-17-19-21-23-25-27-29-31-33-42(53)61-36-39(64-43(54)34-32-30-28-26-24-22-20-18-16-14-12-10-8-6-4-2)37-62-50-49(60)47(58)45(56)41(66-50)38-63-51-48(59)46(57)44(55)40(35-52)65-51/h5-8,11-14,17-20,39-41,44-52,55-60H,3-4,9-10,15-16,21-38H2,1-2H3/b7-5+,8-6-,13-11-,14-12+,19-17+,20-18+/t39-,40-,41-,44+,45+,46+,47+,48-,49-,50-,51+/m1/s1. The first-order valence-corrected chi connectivity index (χ1v) is 24.5. The van der Waals surface area contributed by atoms with Crippen LogP contribution in [0.5, 0.6) is 0 Å². The highest BCUT2D eigenvalue weighted by Crippen LogP contribution is 2.26. The Labute approximate surface area is 393 Å². The molecule has 15 heteroatoms. The van der Waals surface area contributed by atoms with E-state index in [1.54, 1.807) is 0 Å². The van der Waals surface area contributed by atoms with Crippen LogP contribution >= 0.6 is 0 Å². The van der Waals surface area contributed by atoms with Gasteiger partial charge in [-0.25, -0.2) is 0 Å². The second-order valence-electron chi connectivity index (χ2n) is 16.9. The lowest BCUT2D eigenvalue weighted by Gasteiger charge is -2.42. The van der Waals surface area contributed by atoms with Gasteiger partial charge >= 0.3 is 11.9 Å². The van der Waals surface area contributed by atoms with Crippen LogP contribution in [0.15, 0.2) is 72.9 Å². The van der Waals surface area contributed by atoms with Crippen molar-refractivity contribution in [3.8, 4) is 0 Å². The highest BCUT2D eigenvalue weighted by Gasteiger charge is 2.47. The molecule has 0 aliphatic carbocycles. The first-order chi connectivity index (χ1) is 32.0. The molecule has 0 radical (unpaired) electrons. The van der Waals surface area contributed by atoms with Crippen LogP contribution in [0.1, 0.15) is 142 Å². The van der Waals surface area contributed by atoms with E-state index < -0.39 is 99.3 Å². The van der Waals surface area contributed by atoms with Crippen molar-refractivity contribution in [1.82, 2.24) is 0 Å². The molecule has 0 amide bonds. The van der Waals surface area contributed by atoms with E-state index in [1.807, 2.05) is 0 Å². The van der Waals surface area contributed by atoms with Gasteiger partial charge < -0.3 is 64.2 Å². The molecule has 378 valence electrons.